The van der Waals surface area contributed by atoms with Crippen LogP contribution in [0.5, 0.6) is 0 Å². The van der Waals surface area contributed by atoms with Crippen LogP contribution < -0.4 is 11.2 Å². The minimum absolute atomic E-state index is 0.0287. The molecule has 34 heavy (non-hydrogen) atoms. The zero-order valence-electron chi connectivity index (χ0n) is 20.1. The van der Waals surface area contributed by atoms with Gasteiger partial charge in [-0.15, -0.1) is 0 Å². The number of alkyl halides is 1. The summed E-state index contributed by atoms with van der Waals surface area (Å²) in [5, 5.41) is 0. The van der Waals surface area contributed by atoms with Crippen molar-refractivity contribution in [2.75, 3.05) is 19.8 Å². The van der Waals surface area contributed by atoms with Gasteiger partial charge in [-0.25, -0.2) is 13.8 Å². The molecule has 0 bridgehead atoms. The fourth-order valence-electron chi connectivity index (χ4n) is 4.17. The van der Waals surface area contributed by atoms with E-state index < -0.39 is 50.0 Å². The average Bonchev–Trinajstić information content (AvgIpc) is 2.81. The Morgan fingerprint density at radius 2 is 1.85 bits per heavy atom. The number of nitrogens with zero attached hydrogens (tertiary/aromatic N) is 2. The van der Waals surface area contributed by atoms with Crippen LogP contribution in [0.2, 0.25) is 25.7 Å². The third-order valence-electron chi connectivity index (χ3n) is 6.23. The van der Waals surface area contributed by atoms with Gasteiger partial charge in [-0.2, -0.15) is 0 Å². The normalized spacial score (nSPS) is 27.4. The SMILES string of the molecule is Cc1cn(C2COC3COC(c4ccccc4)OC3C2F)c(=O)n(COCC[Si](C)(C)C)c1=O. The van der Waals surface area contributed by atoms with Crippen LogP contribution in [-0.4, -0.2) is 55.4 Å². The first-order valence-corrected chi connectivity index (χ1v) is 15.3. The second-order valence-corrected chi connectivity index (χ2v) is 15.8. The molecule has 2 aliphatic rings. The topological polar surface area (TPSA) is 80.9 Å². The van der Waals surface area contributed by atoms with Crippen molar-refractivity contribution in [3.8, 4) is 0 Å². The van der Waals surface area contributed by atoms with Crippen LogP contribution in [0.4, 0.5) is 4.39 Å². The molecule has 2 fully saturated rings. The van der Waals surface area contributed by atoms with Gasteiger partial charge in [0.15, 0.2) is 12.5 Å². The van der Waals surface area contributed by atoms with Gasteiger partial charge in [0.05, 0.1) is 19.3 Å². The van der Waals surface area contributed by atoms with E-state index in [1.54, 1.807) is 6.92 Å². The molecule has 1 aromatic heterocycles. The minimum atomic E-state index is -1.52. The Bertz CT molecular complexity index is 1100. The molecule has 0 spiro atoms. The number of rotatable bonds is 7. The van der Waals surface area contributed by atoms with Crippen molar-refractivity contribution in [1.29, 1.82) is 0 Å². The molecule has 2 saturated heterocycles. The van der Waals surface area contributed by atoms with Crippen molar-refractivity contribution < 1.29 is 23.3 Å². The molecule has 2 aliphatic heterocycles. The smallest absolute Gasteiger partial charge is 0.333 e. The predicted molar refractivity (Wildman–Crippen MR) is 127 cm³/mol. The Hall–Kier alpha value is -2.11. The van der Waals surface area contributed by atoms with Crippen molar-refractivity contribution in [2.24, 2.45) is 0 Å². The Kier molecular flexibility index (Phi) is 7.53. The van der Waals surface area contributed by atoms with E-state index in [9.17, 15) is 9.59 Å². The summed E-state index contributed by atoms with van der Waals surface area (Å²) in [6.07, 6.45) is -2.31. The van der Waals surface area contributed by atoms with Crippen LogP contribution in [0.1, 0.15) is 23.5 Å². The largest absolute Gasteiger partial charge is 0.371 e. The molecule has 3 heterocycles. The second-order valence-electron chi connectivity index (χ2n) is 10.1. The van der Waals surface area contributed by atoms with Crippen LogP contribution in [0.25, 0.3) is 0 Å². The molecular weight excluding hydrogens is 459 g/mol. The van der Waals surface area contributed by atoms with Crippen molar-refractivity contribution in [3.05, 3.63) is 68.5 Å². The highest BCUT2D eigenvalue weighted by Crippen LogP contribution is 2.36. The number of aryl methyl sites for hydroxylation is 1. The maximum absolute atomic E-state index is 15.8. The lowest BCUT2D eigenvalue weighted by Crippen LogP contribution is -2.57. The van der Waals surface area contributed by atoms with Crippen molar-refractivity contribution >= 4 is 8.07 Å². The summed E-state index contributed by atoms with van der Waals surface area (Å²) in [5.41, 5.74) is 0.0563. The van der Waals surface area contributed by atoms with E-state index in [4.69, 9.17) is 18.9 Å². The third-order valence-corrected chi connectivity index (χ3v) is 7.94. The lowest BCUT2D eigenvalue weighted by Gasteiger charge is -2.44. The summed E-state index contributed by atoms with van der Waals surface area (Å²) < 4.78 is 41.3. The Morgan fingerprint density at radius 1 is 1.12 bits per heavy atom. The molecule has 1 aromatic carbocycles. The van der Waals surface area contributed by atoms with E-state index in [1.165, 1.54) is 10.8 Å². The molecule has 0 saturated carbocycles. The first kappa shape index (κ1) is 25.0. The molecular formula is C24H33FN2O6Si. The van der Waals surface area contributed by atoms with Crippen molar-refractivity contribution in [3.63, 3.8) is 0 Å². The number of aromatic nitrogens is 2. The molecule has 2 aromatic rings. The Labute approximate surface area is 199 Å². The fraction of sp³-hybridized carbons (Fsp3) is 0.583. The number of hydrogen-bond acceptors (Lipinski definition) is 6. The molecule has 4 rings (SSSR count). The molecule has 5 atom stereocenters. The predicted octanol–water partition coefficient (Wildman–Crippen LogP) is 3.02. The summed E-state index contributed by atoms with van der Waals surface area (Å²) in [6.45, 7) is 8.73. The third kappa shape index (κ3) is 5.41. The summed E-state index contributed by atoms with van der Waals surface area (Å²) in [6, 6.07) is 9.28. The monoisotopic (exact) mass is 492 g/mol. The molecule has 0 amide bonds. The maximum Gasteiger partial charge on any atom is 0.333 e. The van der Waals surface area contributed by atoms with E-state index in [2.05, 4.69) is 19.6 Å². The van der Waals surface area contributed by atoms with Gasteiger partial charge in [0.2, 0.25) is 0 Å². The first-order chi connectivity index (χ1) is 16.2. The second kappa shape index (κ2) is 10.2. The van der Waals surface area contributed by atoms with E-state index in [1.807, 2.05) is 30.3 Å². The molecule has 186 valence electrons. The summed E-state index contributed by atoms with van der Waals surface area (Å²) >= 11 is 0. The molecule has 0 radical (unpaired) electrons. The number of fused-ring (bicyclic) bond motifs is 1. The highest BCUT2D eigenvalue weighted by atomic mass is 28.3. The van der Waals surface area contributed by atoms with Gasteiger partial charge in [-0.1, -0.05) is 50.0 Å². The number of ether oxygens (including phenoxy) is 4. The van der Waals surface area contributed by atoms with Gasteiger partial charge in [-0.3, -0.25) is 9.36 Å². The zero-order chi connectivity index (χ0) is 24.5. The Balaban J connectivity index is 1.54. The number of halogens is 1. The van der Waals surface area contributed by atoms with Gasteiger partial charge in [-0.05, 0) is 13.0 Å². The fourth-order valence-corrected chi connectivity index (χ4v) is 4.92. The highest BCUT2D eigenvalue weighted by Gasteiger charge is 2.47. The molecule has 5 unspecified atom stereocenters. The standard InChI is InChI=1S/C24H33FN2O6Si/c1-16-12-26(24(29)27(22(16)28)15-30-10-11-34(2,3)4)18-13-31-19-14-32-23(33-21(19)20(18)25)17-8-6-5-7-9-17/h5-9,12,18-21,23H,10-11,13-15H2,1-4H3. The van der Waals surface area contributed by atoms with Gasteiger partial charge in [0, 0.05) is 32.0 Å². The number of benzene rings is 1. The van der Waals surface area contributed by atoms with Crippen molar-refractivity contribution in [2.45, 2.75) is 70.1 Å². The van der Waals surface area contributed by atoms with Gasteiger partial charge in [0.1, 0.15) is 18.9 Å². The maximum atomic E-state index is 15.8. The van der Waals surface area contributed by atoms with Crippen LogP contribution >= 0.6 is 0 Å². The molecule has 0 aliphatic carbocycles. The van der Waals surface area contributed by atoms with Crippen LogP contribution in [-0.2, 0) is 25.7 Å². The lowest BCUT2D eigenvalue weighted by atomic mass is 9.98. The summed E-state index contributed by atoms with van der Waals surface area (Å²) in [4.78, 5) is 25.8. The van der Waals surface area contributed by atoms with E-state index in [0.717, 1.165) is 16.2 Å². The quantitative estimate of drug-likeness (QED) is 0.437. The van der Waals surface area contributed by atoms with Crippen LogP contribution in [0.15, 0.2) is 46.1 Å². The molecule has 8 nitrogen and oxygen atoms in total. The van der Waals surface area contributed by atoms with Crippen LogP contribution in [0.3, 0.4) is 0 Å². The molecule has 0 N–H and O–H groups in total. The van der Waals surface area contributed by atoms with E-state index >= 15 is 4.39 Å². The summed E-state index contributed by atoms with van der Waals surface area (Å²) in [7, 11) is -1.31. The Morgan fingerprint density at radius 3 is 2.56 bits per heavy atom. The first-order valence-electron chi connectivity index (χ1n) is 11.6. The van der Waals surface area contributed by atoms with E-state index in [-0.39, 0.29) is 19.9 Å². The highest BCUT2D eigenvalue weighted by molar-refractivity contribution is 6.76. The van der Waals surface area contributed by atoms with Gasteiger partial charge in [0.25, 0.3) is 5.56 Å². The average molecular weight is 493 g/mol. The lowest BCUT2D eigenvalue weighted by molar-refractivity contribution is -0.298. The van der Waals surface area contributed by atoms with E-state index in [0.29, 0.717) is 12.2 Å². The number of hydrogen-bond donors (Lipinski definition) is 0. The minimum Gasteiger partial charge on any atom is -0.371 e. The van der Waals surface area contributed by atoms with Crippen LogP contribution in [0, 0.1) is 6.92 Å². The molecule has 10 heteroatoms. The van der Waals surface area contributed by atoms with Gasteiger partial charge < -0.3 is 18.9 Å². The van der Waals surface area contributed by atoms with Crippen molar-refractivity contribution in [1.82, 2.24) is 9.13 Å². The zero-order valence-corrected chi connectivity index (χ0v) is 21.1. The summed E-state index contributed by atoms with van der Waals surface area (Å²) in [5.74, 6) is 0. The van der Waals surface area contributed by atoms with Gasteiger partial charge >= 0.3 is 5.69 Å².